The minimum Gasteiger partial charge on any atom is -0.383 e. The smallest absolute Gasteiger partial charge is 0.223 e. The summed E-state index contributed by atoms with van der Waals surface area (Å²) in [4.78, 5) is 7.81. The van der Waals surface area contributed by atoms with Gasteiger partial charge in [-0.2, -0.15) is 9.97 Å². The summed E-state index contributed by atoms with van der Waals surface area (Å²) in [7, 11) is 1.66. The van der Waals surface area contributed by atoms with E-state index in [0.29, 0.717) is 18.2 Å². The maximum absolute atomic E-state index is 5.55. The number of nitrogens with one attached hydrogen (secondary N) is 1. The van der Waals surface area contributed by atoms with Crippen molar-refractivity contribution in [3.63, 3.8) is 0 Å². The number of anilines is 3. The molecule has 5 N–H and O–H groups in total. The van der Waals surface area contributed by atoms with Gasteiger partial charge in [-0.3, -0.25) is 0 Å². The Balaban J connectivity index is 2.69. The third-order valence-electron chi connectivity index (χ3n) is 1.98. The Kier molecular flexibility index (Phi) is 4.11. The number of aromatic nitrogens is 2. The highest BCUT2D eigenvalue weighted by atomic mass is 16.5. The topological polar surface area (TPSA) is 99.1 Å². The normalized spacial score (nSPS) is 12.4. The Hall–Kier alpha value is -1.56. The Morgan fingerprint density at radius 1 is 1.47 bits per heavy atom. The summed E-state index contributed by atoms with van der Waals surface area (Å²) in [5.41, 5.74) is 11.0. The third-order valence-corrected chi connectivity index (χ3v) is 1.98. The second-order valence-electron chi connectivity index (χ2n) is 3.24. The summed E-state index contributed by atoms with van der Waals surface area (Å²) in [6.07, 6.45) is 0.928. The SMILES string of the molecule is CCC(COC)Nc1cc(N)nc(N)n1. The van der Waals surface area contributed by atoms with Crippen LogP contribution in [0.2, 0.25) is 0 Å². The van der Waals surface area contributed by atoms with Gasteiger partial charge in [0, 0.05) is 13.2 Å². The van der Waals surface area contributed by atoms with Crippen molar-refractivity contribution in [1.29, 1.82) is 0 Å². The molecule has 0 aliphatic heterocycles. The fraction of sp³-hybridized carbons (Fsp3) is 0.556. The van der Waals surface area contributed by atoms with E-state index in [0.717, 1.165) is 6.42 Å². The quantitative estimate of drug-likeness (QED) is 0.655. The van der Waals surface area contributed by atoms with Gasteiger partial charge in [0.05, 0.1) is 12.6 Å². The summed E-state index contributed by atoms with van der Waals surface area (Å²) in [6.45, 7) is 2.67. The molecule has 1 aromatic heterocycles. The molecule has 0 aromatic carbocycles. The Labute approximate surface area is 89.0 Å². The van der Waals surface area contributed by atoms with Gasteiger partial charge in [0.15, 0.2) is 0 Å². The van der Waals surface area contributed by atoms with Crippen LogP contribution in [-0.2, 0) is 4.74 Å². The van der Waals surface area contributed by atoms with E-state index in [4.69, 9.17) is 16.2 Å². The van der Waals surface area contributed by atoms with Crippen LogP contribution in [0.4, 0.5) is 17.6 Å². The number of methoxy groups -OCH3 is 1. The van der Waals surface area contributed by atoms with Crippen LogP contribution in [-0.4, -0.2) is 29.7 Å². The molecule has 15 heavy (non-hydrogen) atoms. The Morgan fingerprint density at radius 2 is 2.20 bits per heavy atom. The predicted octanol–water partition coefficient (Wildman–Crippen LogP) is 0.478. The highest BCUT2D eigenvalue weighted by molar-refractivity contribution is 5.48. The van der Waals surface area contributed by atoms with Crippen molar-refractivity contribution in [3.05, 3.63) is 6.07 Å². The van der Waals surface area contributed by atoms with Crippen LogP contribution >= 0.6 is 0 Å². The average Bonchev–Trinajstić information content (AvgIpc) is 2.15. The Bertz CT molecular complexity index is 297. The largest absolute Gasteiger partial charge is 0.383 e. The van der Waals surface area contributed by atoms with E-state index in [1.54, 1.807) is 13.2 Å². The molecule has 0 aliphatic rings. The van der Waals surface area contributed by atoms with E-state index in [-0.39, 0.29) is 12.0 Å². The molecule has 1 unspecified atom stereocenters. The maximum atomic E-state index is 5.55. The number of rotatable bonds is 5. The highest BCUT2D eigenvalue weighted by Gasteiger charge is 2.07. The van der Waals surface area contributed by atoms with Crippen molar-refractivity contribution in [2.75, 3.05) is 30.5 Å². The van der Waals surface area contributed by atoms with Crippen LogP contribution in [0.15, 0.2) is 6.07 Å². The standard InChI is InChI=1S/C9H17N5O/c1-3-6(5-15-2)12-8-4-7(10)13-9(11)14-8/h4,6H,3,5H2,1-2H3,(H5,10,11,12,13,14). The molecule has 1 rings (SSSR count). The number of ether oxygens (including phenoxy) is 1. The first-order valence-electron chi connectivity index (χ1n) is 4.81. The number of nitrogens with zero attached hydrogens (tertiary/aromatic N) is 2. The molecule has 0 saturated carbocycles. The summed E-state index contributed by atoms with van der Waals surface area (Å²) in [5, 5.41) is 3.18. The van der Waals surface area contributed by atoms with E-state index in [1.807, 2.05) is 0 Å². The summed E-state index contributed by atoms with van der Waals surface area (Å²) >= 11 is 0. The molecular weight excluding hydrogens is 194 g/mol. The van der Waals surface area contributed by atoms with Gasteiger partial charge >= 0.3 is 0 Å². The summed E-state index contributed by atoms with van der Waals surface area (Å²) in [5.74, 6) is 1.16. The lowest BCUT2D eigenvalue weighted by Gasteiger charge is -2.16. The number of hydrogen-bond donors (Lipinski definition) is 3. The third kappa shape index (κ3) is 3.59. The molecule has 0 fully saturated rings. The molecule has 1 atom stereocenters. The van der Waals surface area contributed by atoms with Gasteiger partial charge in [0.1, 0.15) is 11.6 Å². The molecule has 6 heteroatoms. The maximum Gasteiger partial charge on any atom is 0.223 e. The number of hydrogen-bond acceptors (Lipinski definition) is 6. The van der Waals surface area contributed by atoms with Crippen LogP contribution in [0.1, 0.15) is 13.3 Å². The molecule has 0 radical (unpaired) electrons. The van der Waals surface area contributed by atoms with Crippen molar-refractivity contribution in [3.8, 4) is 0 Å². The Morgan fingerprint density at radius 3 is 2.73 bits per heavy atom. The van der Waals surface area contributed by atoms with Gasteiger partial charge in [0.2, 0.25) is 5.95 Å². The van der Waals surface area contributed by atoms with E-state index in [1.165, 1.54) is 0 Å². The second kappa shape index (κ2) is 5.35. The van der Waals surface area contributed by atoms with Crippen molar-refractivity contribution >= 4 is 17.6 Å². The van der Waals surface area contributed by atoms with Crippen LogP contribution in [0, 0.1) is 0 Å². The van der Waals surface area contributed by atoms with Crippen molar-refractivity contribution < 1.29 is 4.74 Å². The highest BCUT2D eigenvalue weighted by Crippen LogP contribution is 2.11. The minimum absolute atomic E-state index is 0.171. The number of nitrogens with two attached hydrogens (primary N) is 2. The lowest BCUT2D eigenvalue weighted by Crippen LogP contribution is -2.24. The van der Waals surface area contributed by atoms with E-state index >= 15 is 0 Å². The van der Waals surface area contributed by atoms with Crippen LogP contribution in [0.5, 0.6) is 0 Å². The minimum atomic E-state index is 0.171. The van der Waals surface area contributed by atoms with E-state index < -0.39 is 0 Å². The first-order valence-corrected chi connectivity index (χ1v) is 4.81. The summed E-state index contributed by atoms with van der Waals surface area (Å²) < 4.78 is 5.06. The molecule has 6 nitrogen and oxygen atoms in total. The van der Waals surface area contributed by atoms with Crippen molar-refractivity contribution in [1.82, 2.24) is 9.97 Å². The summed E-state index contributed by atoms with van der Waals surface area (Å²) in [6, 6.07) is 1.85. The monoisotopic (exact) mass is 211 g/mol. The van der Waals surface area contributed by atoms with Gasteiger partial charge in [-0.15, -0.1) is 0 Å². The molecule has 1 heterocycles. The fourth-order valence-electron chi connectivity index (χ4n) is 1.23. The number of nitrogen functional groups attached to an aromatic ring is 2. The van der Waals surface area contributed by atoms with Gasteiger partial charge in [-0.1, -0.05) is 6.92 Å². The molecule has 1 aromatic rings. The molecule has 0 saturated heterocycles. The zero-order valence-corrected chi connectivity index (χ0v) is 9.03. The van der Waals surface area contributed by atoms with Gasteiger partial charge < -0.3 is 21.5 Å². The lowest BCUT2D eigenvalue weighted by molar-refractivity contribution is 0.184. The molecule has 0 amide bonds. The van der Waals surface area contributed by atoms with Crippen molar-refractivity contribution in [2.24, 2.45) is 0 Å². The first-order chi connectivity index (χ1) is 7.15. The lowest BCUT2D eigenvalue weighted by atomic mass is 10.2. The molecule has 0 bridgehead atoms. The molecule has 0 spiro atoms. The van der Waals surface area contributed by atoms with E-state index in [2.05, 4.69) is 22.2 Å². The van der Waals surface area contributed by atoms with Gasteiger partial charge in [0.25, 0.3) is 0 Å². The zero-order valence-electron chi connectivity index (χ0n) is 9.03. The predicted molar refractivity (Wildman–Crippen MR) is 60.4 cm³/mol. The van der Waals surface area contributed by atoms with Crippen molar-refractivity contribution in [2.45, 2.75) is 19.4 Å². The van der Waals surface area contributed by atoms with Gasteiger partial charge in [-0.25, -0.2) is 0 Å². The van der Waals surface area contributed by atoms with Gasteiger partial charge in [-0.05, 0) is 6.42 Å². The molecule has 84 valence electrons. The van der Waals surface area contributed by atoms with Crippen LogP contribution in [0.25, 0.3) is 0 Å². The second-order valence-corrected chi connectivity index (χ2v) is 3.24. The van der Waals surface area contributed by atoms with Crippen LogP contribution in [0.3, 0.4) is 0 Å². The molecule has 0 aliphatic carbocycles. The first kappa shape index (κ1) is 11.5. The molecular formula is C9H17N5O. The zero-order chi connectivity index (χ0) is 11.3. The average molecular weight is 211 g/mol. The van der Waals surface area contributed by atoms with Crippen LogP contribution < -0.4 is 16.8 Å². The fourth-order valence-corrected chi connectivity index (χ4v) is 1.23. The van der Waals surface area contributed by atoms with E-state index in [9.17, 15) is 0 Å².